The maximum absolute atomic E-state index is 14.0. The number of aliphatic hydroxyl groups is 1. The molecule has 8 nitrogen and oxygen atoms in total. The normalized spacial score (nSPS) is 11.2. The number of sulfonamides is 1. The number of rotatable bonds is 8. The van der Waals surface area contributed by atoms with Gasteiger partial charge in [0, 0.05) is 19.3 Å². The van der Waals surface area contributed by atoms with Crippen molar-refractivity contribution < 1.29 is 27.4 Å². The molecule has 2 aromatic rings. The van der Waals surface area contributed by atoms with E-state index < -0.39 is 15.8 Å². The number of aromatic nitrogens is 1. The van der Waals surface area contributed by atoms with E-state index in [0.29, 0.717) is 17.0 Å². The standard InChI is InChI=1S/C18H22FN3O5S/c1-12-4-7-17(16(10-23)20-12)27-11-18(24)22(2)9-13-5-6-15(14(19)8-13)21-28(3,25)26/h4-8,21,23H,9-11H2,1-3H3. The maximum atomic E-state index is 14.0. The van der Waals surface area contributed by atoms with Gasteiger partial charge < -0.3 is 14.7 Å². The molecule has 0 atom stereocenters. The lowest BCUT2D eigenvalue weighted by Gasteiger charge is -2.18. The van der Waals surface area contributed by atoms with Gasteiger partial charge in [-0.15, -0.1) is 0 Å². The van der Waals surface area contributed by atoms with Crippen LogP contribution in [0.3, 0.4) is 0 Å². The summed E-state index contributed by atoms with van der Waals surface area (Å²) in [4.78, 5) is 17.7. The molecule has 28 heavy (non-hydrogen) atoms. The Balaban J connectivity index is 1.98. The topological polar surface area (TPSA) is 109 Å². The third-order valence-electron chi connectivity index (χ3n) is 3.75. The van der Waals surface area contributed by atoms with Gasteiger partial charge in [0.1, 0.15) is 17.3 Å². The molecule has 0 fully saturated rings. The molecule has 0 aliphatic carbocycles. The zero-order valence-electron chi connectivity index (χ0n) is 15.8. The first kappa shape index (κ1) is 21.6. The highest BCUT2D eigenvalue weighted by molar-refractivity contribution is 7.92. The van der Waals surface area contributed by atoms with Gasteiger partial charge in [-0.1, -0.05) is 6.07 Å². The molecule has 0 aliphatic rings. The summed E-state index contributed by atoms with van der Waals surface area (Å²) < 4.78 is 43.9. The number of carbonyl (C=O) groups is 1. The zero-order chi connectivity index (χ0) is 20.9. The predicted molar refractivity (Wildman–Crippen MR) is 102 cm³/mol. The van der Waals surface area contributed by atoms with Crippen molar-refractivity contribution in [3.63, 3.8) is 0 Å². The number of amides is 1. The van der Waals surface area contributed by atoms with Gasteiger partial charge in [-0.3, -0.25) is 14.5 Å². The van der Waals surface area contributed by atoms with Crippen molar-refractivity contribution in [2.45, 2.75) is 20.1 Å². The van der Waals surface area contributed by atoms with Gasteiger partial charge in [-0.05, 0) is 36.8 Å². The van der Waals surface area contributed by atoms with Crippen molar-refractivity contribution in [3.05, 3.63) is 53.1 Å². The summed E-state index contributed by atoms with van der Waals surface area (Å²) in [5.41, 5.74) is 1.38. The van der Waals surface area contributed by atoms with Gasteiger partial charge in [-0.2, -0.15) is 0 Å². The molecule has 0 bridgehead atoms. The number of aliphatic hydroxyl groups excluding tert-OH is 1. The molecular weight excluding hydrogens is 389 g/mol. The molecule has 0 saturated carbocycles. The maximum Gasteiger partial charge on any atom is 0.260 e. The number of hydrogen-bond donors (Lipinski definition) is 2. The fourth-order valence-corrected chi connectivity index (χ4v) is 2.96. The number of aryl methyl sites for hydroxylation is 1. The van der Waals surface area contributed by atoms with E-state index in [4.69, 9.17) is 4.74 Å². The van der Waals surface area contributed by atoms with E-state index in [-0.39, 0.29) is 31.4 Å². The number of ether oxygens (including phenoxy) is 1. The van der Waals surface area contributed by atoms with Gasteiger partial charge in [0.05, 0.1) is 18.6 Å². The summed E-state index contributed by atoms with van der Waals surface area (Å²) in [5, 5.41) is 9.32. The predicted octanol–water partition coefficient (Wildman–Crippen LogP) is 1.43. The number of nitrogens with one attached hydrogen (secondary N) is 1. The fraction of sp³-hybridized carbons (Fsp3) is 0.333. The van der Waals surface area contributed by atoms with Crippen LogP contribution in [0.5, 0.6) is 5.75 Å². The van der Waals surface area contributed by atoms with E-state index in [2.05, 4.69) is 9.71 Å². The molecule has 152 valence electrons. The van der Waals surface area contributed by atoms with E-state index in [1.165, 1.54) is 24.1 Å². The molecule has 1 heterocycles. The number of hydrogen-bond acceptors (Lipinski definition) is 6. The highest BCUT2D eigenvalue weighted by atomic mass is 32.2. The number of carbonyl (C=O) groups excluding carboxylic acids is 1. The van der Waals surface area contributed by atoms with Crippen LogP contribution >= 0.6 is 0 Å². The number of likely N-dealkylation sites (N-methyl/N-ethyl adjacent to an activating group) is 1. The first-order valence-corrected chi connectivity index (χ1v) is 10.2. The molecule has 0 spiro atoms. The third kappa shape index (κ3) is 6.17. The SMILES string of the molecule is Cc1ccc(OCC(=O)N(C)Cc2ccc(NS(C)(=O)=O)c(F)c2)c(CO)n1. The number of pyridine rings is 1. The highest BCUT2D eigenvalue weighted by Gasteiger charge is 2.14. The molecule has 10 heteroatoms. The summed E-state index contributed by atoms with van der Waals surface area (Å²) in [6.07, 6.45) is 0.929. The van der Waals surface area contributed by atoms with E-state index in [9.17, 15) is 22.7 Å². The van der Waals surface area contributed by atoms with Crippen LogP contribution in [0.2, 0.25) is 0 Å². The molecule has 0 radical (unpaired) electrons. The van der Waals surface area contributed by atoms with Gasteiger partial charge in [-0.25, -0.2) is 12.8 Å². The molecule has 1 amide bonds. The minimum atomic E-state index is -3.59. The molecule has 0 aliphatic heterocycles. The Kier molecular flexibility index (Phi) is 6.92. The molecule has 0 unspecified atom stereocenters. The molecular formula is C18H22FN3O5S. The first-order chi connectivity index (χ1) is 13.1. The number of nitrogens with zero attached hydrogens (tertiary/aromatic N) is 2. The fourth-order valence-electron chi connectivity index (χ4n) is 2.39. The lowest BCUT2D eigenvalue weighted by Crippen LogP contribution is -2.31. The Morgan fingerprint density at radius 3 is 2.64 bits per heavy atom. The van der Waals surface area contributed by atoms with E-state index in [1.807, 2.05) is 0 Å². The Morgan fingerprint density at radius 1 is 1.32 bits per heavy atom. The Labute approximate surface area is 163 Å². The molecule has 2 rings (SSSR count). The third-order valence-corrected chi connectivity index (χ3v) is 4.34. The highest BCUT2D eigenvalue weighted by Crippen LogP contribution is 2.19. The summed E-state index contributed by atoms with van der Waals surface area (Å²) >= 11 is 0. The van der Waals surface area contributed by atoms with Crippen LogP contribution in [0.1, 0.15) is 17.0 Å². The van der Waals surface area contributed by atoms with Crippen molar-refractivity contribution >= 4 is 21.6 Å². The lowest BCUT2D eigenvalue weighted by atomic mass is 10.2. The van der Waals surface area contributed by atoms with E-state index in [1.54, 1.807) is 19.1 Å². The van der Waals surface area contributed by atoms with E-state index >= 15 is 0 Å². The van der Waals surface area contributed by atoms with Crippen molar-refractivity contribution in [3.8, 4) is 5.75 Å². The van der Waals surface area contributed by atoms with Crippen LogP contribution in [0.15, 0.2) is 30.3 Å². The average molecular weight is 411 g/mol. The quantitative estimate of drug-likeness (QED) is 0.680. The van der Waals surface area contributed by atoms with Crippen LogP contribution in [0.4, 0.5) is 10.1 Å². The summed E-state index contributed by atoms with van der Waals surface area (Å²) in [6.45, 7) is 1.30. The second-order valence-electron chi connectivity index (χ2n) is 6.28. The van der Waals surface area contributed by atoms with Gasteiger partial charge in [0.25, 0.3) is 5.91 Å². The largest absolute Gasteiger partial charge is 0.482 e. The van der Waals surface area contributed by atoms with Crippen molar-refractivity contribution in [1.82, 2.24) is 9.88 Å². The van der Waals surface area contributed by atoms with Crippen LogP contribution in [0.25, 0.3) is 0 Å². The van der Waals surface area contributed by atoms with Crippen LogP contribution in [-0.2, 0) is 28.0 Å². The Hall–Kier alpha value is -2.72. The minimum absolute atomic E-state index is 0.108. The van der Waals surface area contributed by atoms with Crippen molar-refractivity contribution in [2.24, 2.45) is 0 Å². The molecule has 2 N–H and O–H groups in total. The van der Waals surface area contributed by atoms with Gasteiger partial charge in [0.2, 0.25) is 10.0 Å². The molecule has 1 aromatic carbocycles. The molecule has 0 saturated heterocycles. The monoisotopic (exact) mass is 411 g/mol. The first-order valence-electron chi connectivity index (χ1n) is 8.29. The summed E-state index contributed by atoms with van der Waals surface area (Å²) in [6, 6.07) is 7.31. The summed E-state index contributed by atoms with van der Waals surface area (Å²) in [7, 11) is -2.05. The van der Waals surface area contributed by atoms with E-state index in [0.717, 1.165) is 18.0 Å². The van der Waals surface area contributed by atoms with Gasteiger partial charge in [0.15, 0.2) is 6.61 Å². The van der Waals surface area contributed by atoms with Gasteiger partial charge >= 0.3 is 0 Å². The summed E-state index contributed by atoms with van der Waals surface area (Å²) in [5.74, 6) is -0.779. The smallest absolute Gasteiger partial charge is 0.260 e. The Morgan fingerprint density at radius 2 is 2.04 bits per heavy atom. The number of halogens is 1. The van der Waals surface area contributed by atoms with Crippen LogP contribution in [0, 0.1) is 12.7 Å². The van der Waals surface area contributed by atoms with Crippen molar-refractivity contribution in [2.75, 3.05) is 24.6 Å². The number of anilines is 1. The molecule has 1 aromatic heterocycles. The number of benzene rings is 1. The zero-order valence-corrected chi connectivity index (χ0v) is 16.6. The van der Waals surface area contributed by atoms with Crippen LogP contribution in [-0.4, -0.2) is 49.2 Å². The Bertz CT molecular complexity index is 966. The second kappa shape index (κ2) is 8.98. The van der Waals surface area contributed by atoms with Crippen LogP contribution < -0.4 is 9.46 Å². The van der Waals surface area contributed by atoms with Crippen molar-refractivity contribution in [1.29, 1.82) is 0 Å². The average Bonchev–Trinajstić information content (AvgIpc) is 2.61. The minimum Gasteiger partial charge on any atom is -0.482 e. The second-order valence-corrected chi connectivity index (χ2v) is 8.03. The lowest BCUT2D eigenvalue weighted by molar-refractivity contribution is -0.132.